The number of fused-ring (bicyclic) bond motifs is 12. The van der Waals surface area contributed by atoms with E-state index in [2.05, 4.69) is 215 Å². The van der Waals surface area contributed by atoms with Crippen LogP contribution in [0.15, 0.2) is 206 Å². The molecule has 12 rings (SSSR count). The monoisotopic (exact) mass is 738 g/mol. The molecule has 0 saturated heterocycles. The molecular weight excluding hydrogens is 705 g/mol. The largest absolute Gasteiger partial charge is 0.309 e. The Morgan fingerprint density at radius 1 is 0.293 bits per heavy atom. The number of nitrogens with zero attached hydrogens (tertiary/aromatic N) is 4. The molecule has 270 valence electrons. The van der Waals surface area contributed by atoms with Crippen molar-refractivity contribution in [1.82, 2.24) is 18.9 Å². The van der Waals surface area contributed by atoms with E-state index in [0.717, 1.165) is 50.1 Å². The first-order chi connectivity index (χ1) is 28.8. The molecule has 0 spiro atoms. The van der Waals surface area contributed by atoms with Crippen LogP contribution < -0.4 is 0 Å². The van der Waals surface area contributed by atoms with Crippen molar-refractivity contribution < 1.29 is 0 Å². The number of hydrogen-bond donors (Lipinski definition) is 0. The van der Waals surface area contributed by atoms with Crippen molar-refractivity contribution in [3.63, 3.8) is 0 Å². The minimum absolute atomic E-state index is 0.630. The molecule has 0 aliphatic carbocycles. The second-order valence-corrected chi connectivity index (χ2v) is 15.0. The minimum atomic E-state index is 0.630. The van der Waals surface area contributed by atoms with Gasteiger partial charge in [0.2, 0.25) is 5.95 Å². The van der Waals surface area contributed by atoms with Crippen LogP contribution in [0.3, 0.4) is 0 Å². The molecule has 4 heterocycles. The van der Waals surface area contributed by atoms with E-state index in [9.17, 15) is 0 Å². The Morgan fingerprint density at radius 3 is 1.47 bits per heavy atom. The highest BCUT2D eigenvalue weighted by Gasteiger charge is 2.22. The predicted molar refractivity (Wildman–Crippen MR) is 242 cm³/mol. The first kappa shape index (κ1) is 32.4. The van der Waals surface area contributed by atoms with Crippen LogP contribution in [0.2, 0.25) is 0 Å². The highest BCUT2D eigenvalue weighted by atomic mass is 15.2. The normalized spacial score (nSPS) is 11.8. The topological polar surface area (TPSA) is 35.1 Å². The van der Waals surface area contributed by atoms with Crippen LogP contribution in [0.4, 0.5) is 0 Å². The van der Waals surface area contributed by atoms with E-state index in [4.69, 9.17) is 9.97 Å². The van der Waals surface area contributed by atoms with Gasteiger partial charge < -0.3 is 4.40 Å². The van der Waals surface area contributed by atoms with E-state index in [1.54, 1.807) is 0 Å². The van der Waals surface area contributed by atoms with Crippen molar-refractivity contribution >= 4 is 59.9 Å². The van der Waals surface area contributed by atoms with E-state index >= 15 is 0 Å². The summed E-state index contributed by atoms with van der Waals surface area (Å²) in [6.45, 7) is 0. The zero-order valence-electron chi connectivity index (χ0n) is 31.4. The molecule has 4 nitrogen and oxygen atoms in total. The molecule has 0 bridgehead atoms. The second-order valence-electron chi connectivity index (χ2n) is 15.0. The minimum Gasteiger partial charge on any atom is -0.309 e. The molecule has 0 radical (unpaired) electrons. The molecular formula is C54H34N4. The number of benzene rings is 8. The Hall–Kier alpha value is -7.82. The maximum Gasteiger partial charge on any atom is 0.235 e. The lowest BCUT2D eigenvalue weighted by atomic mass is 9.99. The van der Waals surface area contributed by atoms with E-state index in [1.807, 2.05) is 0 Å². The highest BCUT2D eigenvalue weighted by Crippen LogP contribution is 2.42. The predicted octanol–water partition coefficient (Wildman–Crippen LogP) is 14.0. The molecule has 0 unspecified atom stereocenters. The average molecular weight is 739 g/mol. The zero-order chi connectivity index (χ0) is 38.2. The van der Waals surface area contributed by atoms with Gasteiger partial charge in [0.15, 0.2) is 0 Å². The lowest BCUT2D eigenvalue weighted by molar-refractivity contribution is 0.996. The van der Waals surface area contributed by atoms with Crippen molar-refractivity contribution in [3.8, 4) is 50.7 Å². The molecule has 0 saturated carbocycles. The maximum atomic E-state index is 5.46. The fourth-order valence-electron chi connectivity index (χ4n) is 9.07. The van der Waals surface area contributed by atoms with Crippen LogP contribution in [0.1, 0.15) is 0 Å². The van der Waals surface area contributed by atoms with Crippen LogP contribution in [0.25, 0.3) is 111 Å². The summed E-state index contributed by atoms with van der Waals surface area (Å²) < 4.78 is 4.71. The van der Waals surface area contributed by atoms with Crippen LogP contribution in [-0.2, 0) is 0 Å². The third kappa shape index (κ3) is 5.02. The second kappa shape index (κ2) is 12.9. The summed E-state index contributed by atoms with van der Waals surface area (Å²) in [5.74, 6) is 0.630. The summed E-state index contributed by atoms with van der Waals surface area (Å²) in [7, 11) is 0. The lowest BCUT2D eigenvalue weighted by Gasteiger charge is -2.14. The third-order valence-corrected chi connectivity index (χ3v) is 11.7. The summed E-state index contributed by atoms with van der Waals surface area (Å²) in [6, 6.07) is 73.7. The molecule has 0 N–H and O–H groups in total. The summed E-state index contributed by atoms with van der Waals surface area (Å²) in [5.41, 5.74) is 14.1. The van der Waals surface area contributed by atoms with Gasteiger partial charge in [-0.2, -0.15) is 0 Å². The van der Waals surface area contributed by atoms with Gasteiger partial charge in [-0.15, -0.1) is 0 Å². The van der Waals surface area contributed by atoms with E-state index in [0.29, 0.717) is 5.95 Å². The fraction of sp³-hybridized carbons (Fsp3) is 0. The summed E-state index contributed by atoms with van der Waals surface area (Å²) in [4.78, 5) is 10.9. The molecule has 0 aliphatic heterocycles. The van der Waals surface area contributed by atoms with Crippen LogP contribution >= 0.6 is 0 Å². The van der Waals surface area contributed by atoms with E-state index < -0.39 is 0 Å². The molecule has 4 aromatic heterocycles. The molecule has 0 aliphatic rings. The number of aromatic nitrogens is 4. The molecule has 0 atom stereocenters. The Morgan fingerprint density at radius 2 is 0.793 bits per heavy atom. The molecule has 8 aromatic carbocycles. The van der Waals surface area contributed by atoms with Crippen molar-refractivity contribution in [2.24, 2.45) is 0 Å². The van der Waals surface area contributed by atoms with Gasteiger partial charge in [-0.1, -0.05) is 158 Å². The standard InChI is InChI=1S/C54H34N4/c1-3-15-35(16-4-1)37-20-13-22-39(31-37)45-34-46(40-23-14-21-38(32-40)36-17-5-2-6-18-36)56-54(55-45)58-48-28-12-10-26-44(48)53-50(58)30-29-49-52(53)43-25-9-8-24-42(43)51-33-41-19-7-11-27-47(41)57(49)51/h1-34H. The van der Waals surface area contributed by atoms with Crippen LogP contribution in [0.5, 0.6) is 0 Å². The smallest absolute Gasteiger partial charge is 0.235 e. The van der Waals surface area contributed by atoms with Gasteiger partial charge in [0.25, 0.3) is 0 Å². The van der Waals surface area contributed by atoms with Gasteiger partial charge in [0.1, 0.15) is 0 Å². The number of pyridine rings is 1. The summed E-state index contributed by atoms with van der Waals surface area (Å²) >= 11 is 0. The van der Waals surface area contributed by atoms with Crippen LogP contribution in [0, 0.1) is 0 Å². The summed E-state index contributed by atoms with van der Waals surface area (Å²) in [5, 5.41) is 7.26. The van der Waals surface area contributed by atoms with Crippen molar-refractivity contribution in [1.29, 1.82) is 0 Å². The van der Waals surface area contributed by atoms with Crippen molar-refractivity contribution in [2.45, 2.75) is 0 Å². The highest BCUT2D eigenvalue weighted by molar-refractivity contribution is 6.30. The quantitative estimate of drug-likeness (QED) is 0.165. The maximum absolute atomic E-state index is 5.46. The number of para-hydroxylation sites is 2. The number of hydrogen-bond acceptors (Lipinski definition) is 2. The van der Waals surface area contributed by atoms with Crippen molar-refractivity contribution in [2.75, 3.05) is 0 Å². The first-order valence-corrected chi connectivity index (χ1v) is 19.7. The number of rotatable bonds is 5. The summed E-state index contributed by atoms with van der Waals surface area (Å²) in [6.07, 6.45) is 0. The molecule has 58 heavy (non-hydrogen) atoms. The average Bonchev–Trinajstić information content (AvgIpc) is 3.86. The Labute approximate surface area is 334 Å². The Balaban J connectivity index is 1.17. The molecule has 12 aromatic rings. The van der Waals surface area contributed by atoms with Gasteiger partial charge in [0, 0.05) is 38.1 Å². The first-order valence-electron chi connectivity index (χ1n) is 19.7. The van der Waals surface area contributed by atoms with Gasteiger partial charge in [-0.3, -0.25) is 4.57 Å². The zero-order valence-corrected chi connectivity index (χ0v) is 31.4. The van der Waals surface area contributed by atoms with Crippen molar-refractivity contribution in [3.05, 3.63) is 206 Å². The fourth-order valence-corrected chi connectivity index (χ4v) is 9.07. The van der Waals surface area contributed by atoms with Gasteiger partial charge in [-0.25, -0.2) is 9.97 Å². The Kier molecular flexibility index (Phi) is 7.20. The Bertz CT molecular complexity index is 3460. The van der Waals surface area contributed by atoms with Gasteiger partial charge in [-0.05, 0) is 76.2 Å². The SMILES string of the molecule is c1ccc(-c2cccc(-c3cc(-c4cccc(-c5ccccc5)c4)nc(-n4c5ccccc5c5c6c7ccccc7c7cc8ccccc8n7c6ccc54)n3)c2)cc1. The third-order valence-electron chi connectivity index (χ3n) is 11.7. The molecule has 0 amide bonds. The van der Waals surface area contributed by atoms with E-state index in [-0.39, 0.29) is 0 Å². The van der Waals surface area contributed by atoms with Gasteiger partial charge in [0.05, 0.1) is 39.0 Å². The molecule has 4 heteroatoms. The van der Waals surface area contributed by atoms with Crippen LogP contribution in [-0.4, -0.2) is 18.9 Å². The van der Waals surface area contributed by atoms with Gasteiger partial charge >= 0.3 is 0 Å². The van der Waals surface area contributed by atoms with E-state index in [1.165, 1.54) is 54.6 Å². The lowest BCUT2D eigenvalue weighted by Crippen LogP contribution is -2.04. The molecule has 0 fully saturated rings.